The van der Waals surface area contributed by atoms with Crippen LogP contribution in [-0.4, -0.2) is 9.78 Å². The second kappa shape index (κ2) is 4.18. The van der Waals surface area contributed by atoms with Crippen LogP contribution in [-0.2, 0) is 7.05 Å². The highest BCUT2D eigenvalue weighted by Crippen LogP contribution is 2.26. The van der Waals surface area contributed by atoms with Crippen molar-refractivity contribution in [3.63, 3.8) is 0 Å². The molecule has 0 unspecified atom stereocenters. The third kappa shape index (κ3) is 1.74. The molecule has 0 atom stereocenters. The molecule has 0 aliphatic rings. The van der Waals surface area contributed by atoms with Gasteiger partial charge in [-0.1, -0.05) is 30.3 Å². The molecule has 1 heterocycles. The molecule has 3 heteroatoms. The molecule has 1 aromatic heterocycles. The normalized spacial score (nSPS) is 10.8. The maximum absolute atomic E-state index is 4.53. The van der Waals surface area contributed by atoms with Crippen molar-refractivity contribution < 1.29 is 0 Å². The minimum absolute atomic E-state index is 0.905. The van der Waals surface area contributed by atoms with E-state index in [0.717, 1.165) is 22.4 Å². The molecular formula is C15H15N3. The summed E-state index contributed by atoms with van der Waals surface area (Å²) < 4.78 is 1.90. The molecule has 1 N–H and O–H groups in total. The molecule has 90 valence electrons. The van der Waals surface area contributed by atoms with Gasteiger partial charge in [-0.25, -0.2) is 0 Å². The van der Waals surface area contributed by atoms with Crippen molar-refractivity contribution in [2.75, 3.05) is 5.32 Å². The van der Waals surface area contributed by atoms with Gasteiger partial charge < -0.3 is 5.32 Å². The monoisotopic (exact) mass is 237 g/mol. The van der Waals surface area contributed by atoms with Gasteiger partial charge in [-0.05, 0) is 30.7 Å². The molecule has 0 amide bonds. The summed E-state index contributed by atoms with van der Waals surface area (Å²) in [7, 11) is 1.96. The third-order valence-electron chi connectivity index (χ3n) is 3.16. The Bertz CT molecular complexity index is 698. The van der Waals surface area contributed by atoms with Gasteiger partial charge in [0.2, 0.25) is 0 Å². The summed E-state index contributed by atoms with van der Waals surface area (Å²) >= 11 is 0. The summed E-state index contributed by atoms with van der Waals surface area (Å²) in [5, 5.41) is 9.08. The zero-order chi connectivity index (χ0) is 12.5. The van der Waals surface area contributed by atoms with Crippen molar-refractivity contribution in [2.24, 2.45) is 7.05 Å². The first-order valence-electron chi connectivity index (χ1n) is 6.00. The fraction of sp³-hybridized carbons (Fsp3) is 0.133. The maximum Gasteiger partial charge on any atom is 0.160 e. The quantitative estimate of drug-likeness (QED) is 0.737. The van der Waals surface area contributed by atoms with Crippen molar-refractivity contribution in [1.29, 1.82) is 0 Å². The minimum Gasteiger partial charge on any atom is -0.338 e. The van der Waals surface area contributed by atoms with Crippen LogP contribution < -0.4 is 5.32 Å². The van der Waals surface area contributed by atoms with Crippen molar-refractivity contribution in [1.82, 2.24) is 9.78 Å². The van der Waals surface area contributed by atoms with Crippen LogP contribution in [0.3, 0.4) is 0 Å². The zero-order valence-electron chi connectivity index (χ0n) is 10.5. The highest BCUT2D eigenvalue weighted by atomic mass is 15.3. The molecule has 3 aromatic rings. The Labute approximate surface area is 106 Å². The maximum atomic E-state index is 4.53. The number of aromatic nitrogens is 2. The van der Waals surface area contributed by atoms with E-state index < -0.39 is 0 Å². The van der Waals surface area contributed by atoms with E-state index in [1.807, 2.05) is 36.0 Å². The lowest BCUT2D eigenvalue weighted by atomic mass is 10.2. The molecule has 0 saturated carbocycles. The number of benzene rings is 2. The van der Waals surface area contributed by atoms with Crippen LogP contribution in [0.2, 0.25) is 0 Å². The fourth-order valence-electron chi connectivity index (χ4n) is 2.15. The fourth-order valence-corrected chi connectivity index (χ4v) is 2.15. The third-order valence-corrected chi connectivity index (χ3v) is 3.16. The van der Waals surface area contributed by atoms with Crippen molar-refractivity contribution >= 4 is 22.4 Å². The largest absolute Gasteiger partial charge is 0.338 e. The smallest absolute Gasteiger partial charge is 0.160 e. The van der Waals surface area contributed by atoms with Gasteiger partial charge in [-0.2, -0.15) is 5.10 Å². The SMILES string of the molecule is Cc1ccccc1Nc1nn(C)c2ccccc12. The van der Waals surface area contributed by atoms with Crippen LogP contribution >= 0.6 is 0 Å². The highest BCUT2D eigenvalue weighted by Gasteiger charge is 2.08. The lowest BCUT2D eigenvalue weighted by Crippen LogP contribution is -1.95. The average molecular weight is 237 g/mol. The Morgan fingerprint density at radius 1 is 1.00 bits per heavy atom. The zero-order valence-corrected chi connectivity index (χ0v) is 10.5. The van der Waals surface area contributed by atoms with Crippen molar-refractivity contribution in [3.05, 3.63) is 54.1 Å². The standard InChI is InChI=1S/C15H15N3/c1-11-7-3-5-9-13(11)16-15-12-8-4-6-10-14(12)18(2)17-15/h3-10H,1-2H3,(H,16,17). The van der Waals surface area contributed by atoms with Gasteiger partial charge in [0.05, 0.1) is 5.52 Å². The van der Waals surface area contributed by atoms with Gasteiger partial charge in [-0.3, -0.25) is 4.68 Å². The number of fused-ring (bicyclic) bond motifs is 1. The molecule has 3 nitrogen and oxygen atoms in total. The number of para-hydroxylation sites is 2. The van der Waals surface area contributed by atoms with Gasteiger partial charge in [0, 0.05) is 18.1 Å². The number of aryl methyl sites for hydroxylation is 2. The number of nitrogens with zero attached hydrogens (tertiary/aromatic N) is 2. The predicted octanol–water partition coefficient (Wildman–Crippen LogP) is 3.63. The van der Waals surface area contributed by atoms with Crippen molar-refractivity contribution in [3.8, 4) is 0 Å². The van der Waals surface area contributed by atoms with Gasteiger partial charge in [0.1, 0.15) is 0 Å². The van der Waals surface area contributed by atoms with Crippen LogP contribution in [0.4, 0.5) is 11.5 Å². The summed E-state index contributed by atoms with van der Waals surface area (Å²) in [6.45, 7) is 2.09. The number of hydrogen-bond donors (Lipinski definition) is 1. The van der Waals surface area contributed by atoms with E-state index in [4.69, 9.17) is 0 Å². The Morgan fingerprint density at radius 3 is 2.56 bits per heavy atom. The molecule has 0 saturated heterocycles. The van der Waals surface area contributed by atoms with Crippen molar-refractivity contribution in [2.45, 2.75) is 6.92 Å². The minimum atomic E-state index is 0.905. The number of hydrogen-bond acceptors (Lipinski definition) is 2. The first kappa shape index (κ1) is 10.8. The molecule has 2 aromatic carbocycles. The highest BCUT2D eigenvalue weighted by molar-refractivity contribution is 5.92. The molecule has 0 aliphatic heterocycles. The molecule has 18 heavy (non-hydrogen) atoms. The van der Waals surface area contributed by atoms with Gasteiger partial charge in [0.25, 0.3) is 0 Å². The summed E-state index contributed by atoms with van der Waals surface area (Å²) in [5.41, 5.74) is 3.45. The summed E-state index contributed by atoms with van der Waals surface area (Å²) in [5.74, 6) is 0.905. The molecule has 0 radical (unpaired) electrons. The number of anilines is 2. The van der Waals surface area contributed by atoms with E-state index in [9.17, 15) is 0 Å². The topological polar surface area (TPSA) is 29.9 Å². The molecule has 0 bridgehead atoms. The summed E-state index contributed by atoms with van der Waals surface area (Å²) in [6, 6.07) is 16.5. The Morgan fingerprint density at radius 2 is 1.72 bits per heavy atom. The lowest BCUT2D eigenvalue weighted by molar-refractivity contribution is 0.801. The lowest BCUT2D eigenvalue weighted by Gasteiger charge is -2.06. The molecule has 3 rings (SSSR count). The van der Waals surface area contributed by atoms with E-state index in [1.165, 1.54) is 5.56 Å². The van der Waals surface area contributed by atoms with Gasteiger partial charge in [0.15, 0.2) is 5.82 Å². The second-order valence-corrected chi connectivity index (χ2v) is 4.43. The number of nitrogens with one attached hydrogen (secondary N) is 1. The summed E-state index contributed by atoms with van der Waals surface area (Å²) in [6.07, 6.45) is 0. The average Bonchev–Trinajstić information content (AvgIpc) is 2.70. The van der Waals surface area contributed by atoms with E-state index in [0.29, 0.717) is 0 Å². The van der Waals surface area contributed by atoms with Crippen LogP contribution in [0.1, 0.15) is 5.56 Å². The molecular weight excluding hydrogens is 222 g/mol. The second-order valence-electron chi connectivity index (χ2n) is 4.43. The number of rotatable bonds is 2. The van der Waals surface area contributed by atoms with Gasteiger partial charge in [-0.15, -0.1) is 0 Å². The molecule has 0 fully saturated rings. The van der Waals surface area contributed by atoms with E-state index in [1.54, 1.807) is 0 Å². The van der Waals surface area contributed by atoms with Crippen LogP contribution in [0.15, 0.2) is 48.5 Å². The van der Waals surface area contributed by atoms with Crippen LogP contribution in [0, 0.1) is 6.92 Å². The molecule has 0 aliphatic carbocycles. The van der Waals surface area contributed by atoms with E-state index >= 15 is 0 Å². The van der Waals surface area contributed by atoms with E-state index in [2.05, 4.69) is 41.6 Å². The van der Waals surface area contributed by atoms with Crippen LogP contribution in [0.5, 0.6) is 0 Å². The van der Waals surface area contributed by atoms with Gasteiger partial charge >= 0.3 is 0 Å². The Balaban J connectivity index is 2.08. The summed E-state index contributed by atoms with van der Waals surface area (Å²) in [4.78, 5) is 0. The van der Waals surface area contributed by atoms with E-state index in [-0.39, 0.29) is 0 Å². The van der Waals surface area contributed by atoms with Crippen LogP contribution in [0.25, 0.3) is 10.9 Å². The predicted molar refractivity (Wildman–Crippen MR) is 75.2 cm³/mol. The molecule has 0 spiro atoms. The first-order valence-corrected chi connectivity index (χ1v) is 6.00. The first-order chi connectivity index (χ1) is 8.75. The Hall–Kier alpha value is -2.29. The Kier molecular flexibility index (Phi) is 2.52.